The Balaban J connectivity index is 2.64. The van der Waals surface area contributed by atoms with Gasteiger partial charge in [-0.05, 0) is 30.5 Å². The van der Waals surface area contributed by atoms with Gasteiger partial charge in [0.1, 0.15) is 5.75 Å². The lowest BCUT2D eigenvalue weighted by molar-refractivity contribution is 0.240. The SMILES string of the molecule is CCC(CC)COc1ccc([C@@H](C)N)c(Br)c1. The van der Waals surface area contributed by atoms with Crippen LogP contribution < -0.4 is 10.5 Å². The second kappa shape index (κ2) is 7.02. The molecule has 0 saturated heterocycles. The van der Waals surface area contributed by atoms with Crippen molar-refractivity contribution in [1.29, 1.82) is 0 Å². The third kappa shape index (κ3) is 4.32. The van der Waals surface area contributed by atoms with Crippen LogP contribution in [0.2, 0.25) is 0 Å². The first-order chi connectivity index (χ1) is 8.08. The molecule has 0 saturated carbocycles. The van der Waals surface area contributed by atoms with Gasteiger partial charge in [-0.3, -0.25) is 0 Å². The van der Waals surface area contributed by atoms with Gasteiger partial charge in [-0.25, -0.2) is 0 Å². The summed E-state index contributed by atoms with van der Waals surface area (Å²) < 4.78 is 6.82. The van der Waals surface area contributed by atoms with Crippen molar-refractivity contribution in [2.75, 3.05) is 6.61 Å². The Bertz CT molecular complexity index is 348. The summed E-state index contributed by atoms with van der Waals surface area (Å²) in [5.41, 5.74) is 6.97. The van der Waals surface area contributed by atoms with Crippen molar-refractivity contribution in [3.8, 4) is 5.75 Å². The van der Waals surface area contributed by atoms with E-state index in [4.69, 9.17) is 10.5 Å². The maximum atomic E-state index is 5.86. The topological polar surface area (TPSA) is 35.2 Å². The summed E-state index contributed by atoms with van der Waals surface area (Å²) in [7, 11) is 0. The molecule has 0 radical (unpaired) electrons. The number of hydrogen-bond donors (Lipinski definition) is 1. The summed E-state index contributed by atoms with van der Waals surface area (Å²) in [4.78, 5) is 0. The maximum Gasteiger partial charge on any atom is 0.120 e. The Morgan fingerprint density at radius 3 is 2.41 bits per heavy atom. The monoisotopic (exact) mass is 299 g/mol. The third-order valence-electron chi connectivity index (χ3n) is 3.10. The van der Waals surface area contributed by atoms with Gasteiger partial charge in [-0.1, -0.05) is 48.7 Å². The van der Waals surface area contributed by atoms with E-state index in [9.17, 15) is 0 Å². The van der Waals surface area contributed by atoms with Gasteiger partial charge in [0, 0.05) is 10.5 Å². The van der Waals surface area contributed by atoms with Gasteiger partial charge in [0.05, 0.1) is 6.61 Å². The summed E-state index contributed by atoms with van der Waals surface area (Å²) in [5, 5.41) is 0. The highest BCUT2D eigenvalue weighted by Crippen LogP contribution is 2.27. The van der Waals surface area contributed by atoms with Crippen LogP contribution in [0, 0.1) is 5.92 Å². The molecule has 2 N–H and O–H groups in total. The zero-order chi connectivity index (χ0) is 12.8. The highest BCUT2D eigenvalue weighted by Gasteiger charge is 2.08. The number of nitrogens with two attached hydrogens (primary N) is 1. The number of benzene rings is 1. The molecule has 0 aliphatic carbocycles. The molecule has 2 nitrogen and oxygen atoms in total. The van der Waals surface area contributed by atoms with Crippen LogP contribution in [0.25, 0.3) is 0 Å². The zero-order valence-corrected chi connectivity index (χ0v) is 12.5. The molecule has 0 heterocycles. The molecule has 0 bridgehead atoms. The Hall–Kier alpha value is -0.540. The average Bonchev–Trinajstić information content (AvgIpc) is 2.30. The van der Waals surface area contributed by atoms with Crippen molar-refractivity contribution in [3.63, 3.8) is 0 Å². The van der Waals surface area contributed by atoms with Crippen LogP contribution in [0.15, 0.2) is 22.7 Å². The summed E-state index contributed by atoms with van der Waals surface area (Å²) >= 11 is 3.53. The molecule has 3 heteroatoms. The van der Waals surface area contributed by atoms with E-state index in [-0.39, 0.29) is 6.04 Å². The fraction of sp³-hybridized carbons (Fsp3) is 0.571. The number of halogens is 1. The van der Waals surface area contributed by atoms with Crippen LogP contribution in [-0.2, 0) is 0 Å². The van der Waals surface area contributed by atoms with Gasteiger partial charge in [-0.2, -0.15) is 0 Å². The minimum Gasteiger partial charge on any atom is -0.493 e. The minimum absolute atomic E-state index is 0.0393. The molecule has 0 fully saturated rings. The van der Waals surface area contributed by atoms with E-state index in [1.807, 2.05) is 25.1 Å². The first kappa shape index (κ1) is 14.5. The fourth-order valence-corrected chi connectivity index (χ4v) is 2.42. The van der Waals surface area contributed by atoms with Gasteiger partial charge in [0.25, 0.3) is 0 Å². The Labute approximate surface area is 113 Å². The average molecular weight is 300 g/mol. The molecule has 0 aliphatic heterocycles. The number of rotatable bonds is 6. The van der Waals surface area contributed by atoms with Gasteiger partial charge in [0.2, 0.25) is 0 Å². The molecule has 0 unspecified atom stereocenters. The van der Waals surface area contributed by atoms with Gasteiger partial charge in [-0.15, -0.1) is 0 Å². The van der Waals surface area contributed by atoms with E-state index in [0.717, 1.165) is 35.2 Å². The normalized spacial score (nSPS) is 12.8. The lowest BCUT2D eigenvalue weighted by Crippen LogP contribution is -2.10. The molecule has 1 rings (SSSR count). The summed E-state index contributed by atoms with van der Waals surface area (Å²) in [6.45, 7) is 7.17. The van der Waals surface area contributed by atoms with E-state index in [1.165, 1.54) is 0 Å². The van der Waals surface area contributed by atoms with Crippen LogP contribution in [0.4, 0.5) is 0 Å². The van der Waals surface area contributed by atoms with Crippen LogP contribution in [0.3, 0.4) is 0 Å². The van der Waals surface area contributed by atoms with Crippen molar-refractivity contribution in [1.82, 2.24) is 0 Å². The van der Waals surface area contributed by atoms with Crippen LogP contribution >= 0.6 is 15.9 Å². The molecule has 96 valence electrons. The number of ether oxygens (including phenoxy) is 1. The highest BCUT2D eigenvalue weighted by atomic mass is 79.9. The zero-order valence-electron chi connectivity index (χ0n) is 10.9. The molecule has 1 aromatic carbocycles. The summed E-state index contributed by atoms with van der Waals surface area (Å²) in [6, 6.07) is 6.06. The lowest BCUT2D eigenvalue weighted by Gasteiger charge is -2.15. The predicted molar refractivity (Wildman–Crippen MR) is 76.3 cm³/mol. The molecule has 0 spiro atoms. The molecular formula is C14H22BrNO. The van der Waals surface area contributed by atoms with Crippen molar-refractivity contribution >= 4 is 15.9 Å². The van der Waals surface area contributed by atoms with Crippen LogP contribution in [0.1, 0.15) is 45.2 Å². The van der Waals surface area contributed by atoms with E-state index in [0.29, 0.717) is 5.92 Å². The molecule has 0 aromatic heterocycles. The molecule has 1 atom stereocenters. The maximum absolute atomic E-state index is 5.86. The smallest absolute Gasteiger partial charge is 0.120 e. The third-order valence-corrected chi connectivity index (χ3v) is 3.79. The molecule has 0 aliphatic rings. The second-order valence-corrected chi connectivity index (χ2v) is 5.32. The predicted octanol–water partition coefficient (Wildman–Crippen LogP) is 4.28. The second-order valence-electron chi connectivity index (χ2n) is 4.47. The van der Waals surface area contributed by atoms with E-state index in [2.05, 4.69) is 29.8 Å². The van der Waals surface area contributed by atoms with Crippen molar-refractivity contribution in [2.45, 2.75) is 39.7 Å². The highest BCUT2D eigenvalue weighted by molar-refractivity contribution is 9.10. The van der Waals surface area contributed by atoms with Crippen molar-refractivity contribution in [3.05, 3.63) is 28.2 Å². The standard InChI is InChI=1S/C14H22BrNO/c1-4-11(5-2)9-17-12-6-7-13(10(3)16)14(15)8-12/h6-8,10-11H,4-5,9,16H2,1-3H3/t10-/m1/s1. The Morgan fingerprint density at radius 2 is 1.94 bits per heavy atom. The first-order valence-corrected chi connectivity index (χ1v) is 7.05. The van der Waals surface area contributed by atoms with E-state index < -0.39 is 0 Å². The summed E-state index contributed by atoms with van der Waals surface area (Å²) in [6.07, 6.45) is 2.32. The van der Waals surface area contributed by atoms with Gasteiger partial charge in [0.15, 0.2) is 0 Å². The quantitative estimate of drug-likeness (QED) is 0.851. The minimum atomic E-state index is 0.0393. The van der Waals surface area contributed by atoms with E-state index in [1.54, 1.807) is 0 Å². The molecule has 1 aromatic rings. The Morgan fingerprint density at radius 1 is 1.29 bits per heavy atom. The summed E-state index contributed by atoms with van der Waals surface area (Å²) in [5.74, 6) is 1.55. The van der Waals surface area contributed by atoms with Gasteiger partial charge < -0.3 is 10.5 Å². The van der Waals surface area contributed by atoms with E-state index >= 15 is 0 Å². The Kier molecular flexibility index (Phi) is 6.00. The van der Waals surface area contributed by atoms with Crippen molar-refractivity contribution < 1.29 is 4.74 Å². The first-order valence-electron chi connectivity index (χ1n) is 6.26. The van der Waals surface area contributed by atoms with Crippen LogP contribution in [-0.4, -0.2) is 6.61 Å². The van der Waals surface area contributed by atoms with Gasteiger partial charge >= 0.3 is 0 Å². The van der Waals surface area contributed by atoms with Crippen LogP contribution in [0.5, 0.6) is 5.75 Å². The fourth-order valence-electron chi connectivity index (χ4n) is 1.71. The molecular weight excluding hydrogens is 278 g/mol. The molecule has 17 heavy (non-hydrogen) atoms. The van der Waals surface area contributed by atoms with Crippen molar-refractivity contribution in [2.24, 2.45) is 11.7 Å². The largest absolute Gasteiger partial charge is 0.493 e. The number of hydrogen-bond acceptors (Lipinski definition) is 2. The molecule has 0 amide bonds. The lowest BCUT2D eigenvalue weighted by atomic mass is 10.1.